The number of halogens is 1. The number of benzene rings is 1. The standard InChI is InChI=1S/C21H32N4OS.HI/c1-22-20(23-17-21(8-9-21)27-19-5-3-2-4-6-19)25-10-7-18(16-25)15-24-11-13-26-14-12-24;/h2-6,18H,7-17H2,1H3,(H,22,23);1H. The van der Waals surface area contributed by atoms with Crippen LogP contribution in [0.5, 0.6) is 0 Å². The van der Waals surface area contributed by atoms with Crippen molar-refractivity contribution < 1.29 is 4.74 Å². The van der Waals surface area contributed by atoms with Crippen molar-refractivity contribution in [2.75, 3.05) is 59.5 Å². The van der Waals surface area contributed by atoms with Crippen molar-refractivity contribution in [2.45, 2.75) is 28.9 Å². The minimum Gasteiger partial charge on any atom is -0.379 e. The molecule has 1 aromatic carbocycles. The summed E-state index contributed by atoms with van der Waals surface area (Å²) in [6.45, 7) is 8.39. The van der Waals surface area contributed by atoms with Gasteiger partial charge in [-0.25, -0.2) is 0 Å². The van der Waals surface area contributed by atoms with Crippen LogP contribution in [0, 0.1) is 5.92 Å². The molecule has 1 unspecified atom stereocenters. The smallest absolute Gasteiger partial charge is 0.193 e. The second-order valence-electron chi connectivity index (χ2n) is 8.01. The van der Waals surface area contributed by atoms with E-state index in [1.165, 1.54) is 30.7 Å². The number of ether oxygens (including phenoxy) is 1. The lowest BCUT2D eigenvalue weighted by molar-refractivity contribution is 0.0315. The second-order valence-corrected chi connectivity index (χ2v) is 9.55. The molecule has 4 rings (SSSR count). The van der Waals surface area contributed by atoms with E-state index in [2.05, 4.69) is 50.4 Å². The van der Waals surface area contributed by atoms with Gasteiger partial charge in [0.2, 0.25) is 0 Å². The van der Waals surface area contributed by atoms with Crippen LogP contribution in [-0.4, -0.2) is 80.0 Å². The number of rotatable bonds is 6. The molecule has 3 fully saturated rings. The fourth-order valence-corrected chi connectivity index (χ4v) is 5.33. The quantitative estimate of drug-likeness (QED) is 0.358. The number of hydrogen-bond donors (Lipinski definition) is 1. The number of guanidine groups is 1. The Balaban J connectivity index is 0.00000225. The van der Waals surface area contributed by atoms with E-state index >= 15 is 0 Å². The molecule has 1 aromatic rings. The Labute approximate surface area is 190 Å². The predicted molar refractivity (Wildman–Crippen MR) is 128 cm³/mol. The fourth-order valence-electron chi connectivity index (χ4n) is 4.09. The lowest BCUT2D eigenvalue weighted by Gasteiger charge is -2.29. The van der Waals surface area contributed by atoms with E-state index in [9.17, 15) is 0 Å². The number of nitrogens with zero attached hydrogens (tertiary/aromatic N) is 3. The lowest BCUT2D eigenvalue weighted by atomic mass is 10.1. The molecule has 7 heteroatoms. The highest BCUT2D eigenvalue weighted by atomic mass is 127. The average Bonchev–Trinajstić information content (AvgIpc) is 3.31. The van der Waals surface area contributed by atoms with Crippen LogP contribution in [-0.2, 0) is 4.74 Å². The Bertz CT molecular complexity index is 635. The maximum absolute atomic E-state index is 5.47. The zero-order chi connectivity index (χ0) is 18.5. The van der Waals surface area contributed by atoms with E-state index in [4.69, 9.17) is 4.74 Å². The van der Waals surface area contributed by atoms with Gasteiger partial charge in [0.25, 0.3) is 0 Å². The summed E-state index contributed by atoms with van der Waals surface area (Å²) in [5.74, 6) is 1.83. The zero-order valence-electron chi connectivity index (χ0n) is 16.8. The third kappa shape index (κ3) is 6.00. The third-order valence-corrected chi connectivity index (χ3v) is 7.36. The van der Waals surface area contributed by atoms with Gasteiger partial charge < -0.3 is 15.0 Å². The number of likely N-dealkylation sites (tertiary alicyclic amines) is 1. The third-order valence-electron chi connectivity index (χ3n) is 5.87. The van der Waals surface area contributed by atoms with E-state index in [0.717, 1.165) is 57.8 Å². The van der Waals surface area contributed by atoms with Gasteiger partial charge in [0, 0.05) is 56.0 Å². The SMILES string of the molecule is CN=C(NCC1(Sc2ccccc2)CC1)N1CCC(CN2CCOCC2)C1.I. The molecule has 1 atom stereocenters. The highest BCUT2D eigenvalue weighted by Crippen LogP contribution is 2.51. The molecule has 28 heavy (non-hydrogen) atoms. The Hall–Kier alpha value is -0.510. The molecule has 1 N–H and O–H groups in total. The van der Waals surface area contributed by atoms with Gasteiger partial charge in [-0.1, -0.05) is 18.2 Å². The number of aliphatic imine (C=N–C) groups is 1. The molecule has 1 saturated carbocycles. The van der Waals surface area contributed by atoms with Gasteiger partial charge in [-0.15, -0.1) is 35.7 Å². The fraction of sp³-hybridized carbons (Fsp3) is 0.667. The van der Waals surface area contributed by atoms with Crippen molar-refractivity contribution in [1.29, 1.82) is 0 Å². The van der Waals surface area contributed by atoms with E-state index in [-0.39, 0.29) is 24.0 Å². The Kier molecular flexibility index (Phi) is 8.32. The minimum atomic E-state index is 0. The molecule has 0 amide bonds. The van der Waals surface area contributed by atoms with Crippen LogP contribution in [0.1, 0.15) is 19.3 Å². The van der Waals surface area contributed by atoms with Crippen molar-refractivity contribution in [3.8, 4) is 0 Å². The Morgan fingerprint density at radius 3 is 2.64 bits per heavy atom. The van der Waals surface area contributed by atoms with Crippen molar-refractivity contribution >= 4 is 41.7 Å². The average molecular weight is 516 g/mol. The summed E-state index contributed by atoms with van der Waals surface area (Å²) in [6, 6.07) is 10.8. The van der Waals surface area contributed by atoms with E-state index in [0.29, 0.717) is 4.75 Å². The molecule has 1 aliphatic carbocycles. The van der Waals surface area contributed by atoms with Crippen LogP contribution in [0.3, 0.4) is 0 Å². The maximum Gasteiger partial charge on any atom is 0.193 e. The van der Waals surface area contributed by atoms with E-state index in [1.54, 1.807) is 0 Å². The summed E-state index contributed by atoms with van der Waals surface area (Å²) in [4.78, 5) is 11.0. The van der Waals surface area contributed by atoms with Gasteiger partial charge in [0.1, 0.15) is 0 Å². The van der Waals surface area contributed by atoms with Crippen LogP contribution >= 0.6 is 35.7 Å². The molecule has 2 heterocycles. The lowest BCUT2D eigenvalue weighted by Crippen LogP contribution is -2.44. The van der Waals surface area contributed by atoms with Crippen molar-refractivity contribution in [3.63, 3.8) is 0 Å². The summed E-state index contributed by atoms with van der Waals surface area (Å²) >= 11 is 2.02. The first-order valence-electron chi connectivity index (χ1n) is 10.3. The van der Waals surface area contributed by atoms with Gasteiger partial charge in [-0.3, -0.25) is 9.89 Å². The largest absolute Gasteiger partial charge is 0.379 e. The van der Waals surface area contributed by atoms with Crippen molar-refractivity contribution in [3.05, 3.63) is 30.3 Å². The highest BCUT2D eigenvalue weighted by Gasteiger charge is 2.44. The van der Waals surface area contributed by atoms with Gasteiger partial charge in [-0.05, 0) is 37.3 Å². The normalized spacial score (nSPS) is 24.7. The molecule has 0 bridgehead atoms. The Morgan fingerprint density at radius 1 is 1.21 bits per heavy atom. The molecule has 3 aliphatic rings. The molecular formula is C21H33IN4OS. The molecule has 156 valence electrons. The van der Waals surface area contributed by atoms with Gasteiger partial charge in [-0.2, -0.15) is 0 Å². The summed E-state index contributed by atoms with van der Waals surface area (Å²) in [5.41, 5.74) is 0. The molecule has 5 nitrogen and oxygen atoms in total. The zero-order valence-corrected chi connectivity index (χ0v) is 20.0. The van der Waals surface area contributed by atoms with Crippen LogP contribution < -0.4 is 5.32 Å². The molecule has 2 aliphatic heterocycles. The van der Waals surface area contributed by atoms with Gasteiger partial charge in [0.05, 0.1) is 13.2 Å². The molecule has 0 radical (unpaired) electrons. The number of nitrogens with one attached hydrogen (secondary N) is 1. The van der Waals surface area contributed by atoms with Crippen LogP contribution in [0.4, 0.5) is 0 Å². The van der Waals surface area contributed by atoms with E-state index < -0.39 is 0 Å². The van der Waals surface area contributed by atoms with Gasteiger partial charge >= 0.3 is 0 Å². The summed E-state index contributed by atoms with van der Waals surface area (Å²) in [7, 11) is 1.92. The number of hydrogen-bond acceptors (Lipinski definition) is 4. The molecule has 0 spiro atoms. The first-order valence-corrected chi connectivity index (χ1v) is 11.1. The monoisotopic (exact) mass is 516 g/mol. The molecule has 0 aromatic heterocycles. The van der Waals surface area contributed by atoms with E-state index in [1.807, 2.05) is 18.8 Å². The Morgan fingerprint density at radius 2 is 1.96 bits per heavy atom. The number of morpholine rings is 1. The topological polar surface area (TPSA) is 40.1 Å². The van der Waals surface area contributed by atoms with Crippen LogP contribution in [0.25, 0.3) is 0 Å². The summed E-state index contributed by atoms with van der Waals surface area (Å²) in [5, 5.41) is 3.68. The highest BCUT2D eigenvalue weighted by molar-refractivity contribution is 14.0. The molecule has 2 saturated heterocycles. The second kappa shape index (κ2) is 10.5. The predicted octanol–water partition coefficient (Wildman–Crippen LogP) is 3.16. The summed E-state index contributed by atoms with van der Waals surface area (Å²) < 4.78 is 5.82. The minimum absolute atomic E-state index is 0. The number of thioether (sulfide) groups is 1. The maximum atomic E-state index is 5.47. The first kappa shape index (κ1) is 22.2. The van der Waals surface area contributed by atoms with Gasteiger partial charge in [0.15, 0.2) is 5.96 Å². The van der Waals surface area contributed by atoms with Crippen molar-refractivity contribution in [2.24, 2.45) is 10.9 Å². The molecular weight excluding hydrogens is 483 g/mol. The van der Waals surface area contributed by atoms with Crippen LogP contribution in [0.2, 0.25) is 0 Å². The van der Waals surface area contributed by atoms with Crippen molar-refractivity contribution in [1.82, 2.24) is 15.1 Å². The van der Waals surface area contributed by atoms with Crippen LogP contribution in [0.15, 0.2) is 40.2 Å². The summed E-state index contributed by atoms with van der Waals surface area (Å²) in [6.07, 6.45) is 3.84. The first-order chi connectivity index (χ1) is 13.3.